The zero-order chi connectivity index (χ0) is 22.7. The van der Waals surface area contributed by atoms with Crippen molar-refractivity contribution in [3.05, 3.63) is 84.4 Å². The van der Waals surface area contributed by atoms with Gasteiger partial charge in [-0.25, -0.2) is 18.1 Å². The van der Waals surface area contributed by atoms with E-state index in [2.05, 4.69) is 9.29 Å². The van der Waals surface area contributed by atoms with Gasteiger partial charge in [0.25, 0.3) is 0 Å². The minimum absolute atomic E-state index is 0.285. The Labute approximate surface area is 195 Å². The maximum absolute atomic E-state index is 12.9. The third-order valence-electron chi connectivity index (χ3n) is 6.58. The Balaban J connectivity index is 1.32. The molecule has 0 amide bonds. The van der Waals surface area contributed by atoms with E-state index < -0.39 is 10.0 Å². The van der Waals surface area contributed by atoms with Crippen LogP contribution in [0, 0.1) is 0 Å². The van der Waals surface area contributed by atoms with Gasteiger partial charge in [-0.05, 0) is 48.6 Å². The highest BCUT2D eigenvalue weighted by Gasteiger charge is 2.19. The van der Waals surface area contributed by atoms with E-state index in [1.165, 1.54) is 37.7 Å². The van der Waals surface area contributed by atoms with E-state index in [-0.39, 0.29) is 6.54 Å². The molecule has 0 unspecified atom stereocenters. The van der Waals surface area contributed by atoms with Crippen LogP contribution in [0.5, 0.6) is 0 Å². The van der Waals surface area contributed by atoms with Crippen molar-refractivity contribution in [1.29, 1.82) is 0 Å². The molecule has 1 N–H and O–H groups in total. The lowest BCUT2D eigenvalue weighted by molar-refractivity contribution is 0.443. The summed E-state index contributed by atoms with van der Waals surface area (Å²) in [6.45, 7) is 0.775. The van der Waals surface area contributed by atoms with Crippen LogP contribution in [0.3, 0.4) is 0 Å². The second-order valence-electron chi connectivity index (χ2n) is 8.74. The first-order valence-corrected chi connectivity index (χ1v) is 13.2. The molecule has 5 rings (SSSR count). The van der Waals surface area contributed by atoms with Crippen molar-refractivity contribution >= 4 is 21.1 Å². The highest BCUT2D eigenvalue weighted by molar-refractivity contribution is 7.89. The van der Waals surface area contributed by atoms with E-state index in [9.17, 15) is 8.42 Å². The first-order valence-electron chi connectivity index (χ1n) is 11.7. The van der Waals surface area contributed by atoms with Crippen molar-refractivity contribution in [3.8, 4) is 11.4 Å². The number of rotatable bonds is 7. The molecule has 0 atom stereocenters. The van der Waals surface area contributed by atoms with Crippen molar-refractivity contribution in [2.24, 2.45) is 0 Å². The Morgan fingerprint density at radius 3 is 2.30 bits per heavy atom. The van der Waals surface area contributed by atoms with Gasteiger partial charge in [0.15, 0.2) is 0 Å². The van der Waals surface area contributed by atoms with E-state index in [1.54, 1.807) is 12.1 Å². The lowest BCUT2D eigenvalue weighted by atomic mass is 9.84. The number of hydrogen-bond acceptors (Lipinski definition) is 3. The number of fused-ring (bicyclic) bond motifs is 1. The molecule has 0 bridgehead atoms. The molecule has 0 aliphatic heterocycles. The molecule has 33 heavy (non-hydrogen) atoms. The third-order valence-corrected chi connectivity index (χ3v) is 8.06. The number of hydrogen-bond donors (Lipinski definition) is 1. The molecule has 0 spiro atoms. The van der Waals surface area contributed by atoms with Gasteiger partial charge in [-0.15, -0.1) is 0 Å². The largest absolute Gasteiger partial charge is 0.323 e. The van der Waals surface area contributed by atoms with Crippen molar-refractivity contribution in [1.82, 2.24) is 14.3 Å². The minimum Gasteiger partial charge on any atom is -0.323 e. The first kappa shape index (κ1) is 21.9. The summed E-state index contributed by atoms with van der Waals surface area (Å²) in [5.74, 6) is 1.40. The summed E-state index contributed by atoms with van der Waals surface area (Å²) < 4.78 is 30.7. The summed E-state index contributed by atoms with van der Waals surface area (Å²) in [5, 5.41) is 0. The van der Waals surface area contributed by atoms with Crippen LogP contribution in [0.4, 0.5) is 0 Å². The molecule has 3 aromatic carbocycles. The fourth-order valence-corrected chi connectivity index (χ4v) is 5.86. The summed E-state index contributed by atoms with van der Waals surface area (Å²) >= 11 is 0. The fraction of sp³-hybridized carbons (Fsp3) is 0.296. The zero-order valence-corrected chi connectivity index (χ0v) is 19.5. The minimum atomic E-state index is -3.58. The van der Waals surface area contributed by atoms with Crippen molar-refractivity contribution in [2.75, 3.05) is 6.54 Å². The second-order valence-corrected chi connectivity index (χ2v) is 10.5. The van der Waals surface area contributed by atoms with Gasteiger partial charge in [-0.2, -0.15) is 0 Å². The average Bonchev–Trinajstić information content (AvgIpc) is 3.24. The number of sulfonamides is 1. The SMILES string of the molecule is O=S(=O)(NCCn1c(-c2ccccc2)nc2ccccc21)c1ccc(C2CCCCC2)cc1. The summed E-state index contributed by atoms with van der Waals surface area (Å²) in [6, 6.07) is 25.4. The average molecular weight is 460 g/mol. The molecule has 0 radical (unpaired) electrons. The molecule has 1 fully saturated rings. The van der Waals surface area contributed by atoms with Crippen LogP contribution in [0.15, 0.2) is 83.8 Å². The quantitative estimate of drug-likeness (QED) is 0.384. The predicted molar refractivity (Wildman–Crippen MR) is 133 cm³/mol. The third kappa shape index (κ3) is 4.72. The lowest BCUT2D eigenvalue weighted by Crippen LogP contribution is -2.27. The fourth-order valence-electron chi connectivity index (χ4n) is 4.84. The molecule has 1 aliphatic carbocycles. The lowest BCUT2D eigenvalue weighted by Gasteiger charge is -2.22. The summed E-state index contributed by atoms with van der Waals surface area (Å²) in [6.07, 6.45) is 6.24. The standard InChI is InChI=1S/C27H29N3O2S/c31-33(32,24-17-15-22(16-18-24)21-9-3-1-4-10-21)28-19-20-30-26-14-8-7-13-25(26)29-27(30)23-11-5-2-6-12-23/h2,5-8,11-18,21,28H,1,3-4,9-10,19-20H2. The van der Waals surface area contributed by atoms with Gasteiger partial charge in [0.05, 0.1) is 15.9 Å². The van der Waals surface area contributed by atoms with Gasteiger partial charge in [-0.3, -0.25) is 0 Å². The molecule has 5 nitrogen and oxygen atoms in total. The van der Waals surface area contributed by atoms with E-state index >= 15 is 0 Å². The Morgan fingerprint density at radius 1 is 0.848 bits per heavy atom. The van der Waals surface area contributed by atoms with Crippen molar-refractivity contribution in [2.45, 2.75) is 49.5 Å². The number of imidazole rings is 1. The molecule has 6 heteroatoms. The number of nitrogens with zero attached hydrogens (tertiary/aromatic N) is 2. The highest BCUT2D eigenvalue weighted by Crippen LogP contribution is 2.33. The van der Waals surface area contributed by atoms with Crippen molar-refractivity contribution < 1.29 is 8.42 Å². The van der Waals surface area contributed by atoms with E-state index in [1.807, 2.05) is 66.7 Å². The van der Waals surface area contributed by atoms with Crippen LogP contribution in [0.25, 0.3) is 22.4 Å². The predicted octanol–water partition coefficient (Wildman–Crippen LogP) is 5.73. The van der Waals surface area contributed by atoms with Gasteiger partial charge in [-0.1, -0.05) is 73.9 Å². The molecular weight excluding hydrogens is 430 g/mol. The van der Waals surface area contributed by atoms with Crippen LogP contribution in [-0.2, 0) is 16.6 Å². The van der Waals surface area contributed by atoms with Gasteiger partial charge < -0.3 is 4.57 Å². The Hall–Kier alpha value is -2.96. The van der Waals surface area contributed by atoms with Crippen molar-refractivity contribution in [3.63, 3.8) is 0 Å². The first-order chi connectivity index (χ1) is 16.1. The van der Waals surface area contributed by atoms with Gasteiger partial charge >= 0.3 is 0 Å². The van der Waals surface area contributed by atoms with Gasteiger partial charge in [0.1, 0.15) is 5.82 Å². The highest BCUT2D eigenvalue weighted by atomic mass is 32.2. The number of nitrogens with one attached hydrogen (secondary N) is 1. The molecule has 0 saturated heterocycles. The Bertz CT molecular complexity index is 1320. The van der Waals surface area contributed by atoms with Crippen LogP contribution in [0.1, 0.15) is 43.6 Å². The molecule has 4 aromatic rings. The summed E-state index contributed by atoms with van der Waals surface area (Å²) in [4.78, 5) is 5.12. The second kappa shape index (κ2) is 9.49. The molecule has 1 aromatic heterocycles. The maximum atomic E-state index is 12.9. The van der Waals surface area contributed by atoms with E-state index in [0.717, 1.165) is 22.4 Å². The maximum Gasteiger partial charge on any atom is 0.240 e. The Kier molecular flexibility index (Phi) is 6.29. The normalized spacial score (nSPS) is 15.2. The summed E-state index contributed by atoms with van der Waals surface area (Å²) in [5.41, 5.74) is 4.16. The molecule has 1 heterocycles. The number of aromatic nitrogens is 2. The number of para-hydroxylation sites is 2. The van der Waals surface area contributed by atoms with Crippen LogP contribution in [-0.4, -0.2) is 24.5 Å². The zero-order valence-electron chi connectivity index (χ0n) is 18.7. The molecule has 1 aliphatic rings. The van der Waals surface area contributed by atoms with Gasteiger partial charge in [0, 0.05) is 18.7 Å². The van der Waals surface area contributed by atoms with E-state index in [4.69, 9.17) is 4.98 Å². The summed E-state index contributed by atoms with van der Waals surface area (Å²) in [7, 11) is -3.58. The smallest absolute Gasteiger partial charge is 0.240 e. The monoisotopic (exact) mass is 459 g/mol. The topological polar surface area (TPSA) is 64.0 Å². The number of benzene rings is 3. The van der Waals surface area contributed by atoms with Gasteiger partial charge in [0.2, 0.25) is 10.0 Å². The van der Waals surface area contributed by atoms with Crippen LogP contribution in [0.2, 0.25) is 0 Å². The molecule has 1 saturated carbocycles. The van der Waals surface area contributed by atoms with Crippen LogP contribution < -0.4 is 4.72 Å². The van der Waals surface area contributed by atoms with Crippen LogP contribution >= 0.6 is 0 Å². The Morgan fingerprint density at radius 2 is 1.55 bits per heavy atom. The molecule has 170 valence electrons. The molecular formula is C27H29N3O2S. The van der Waals surface area contributed by atoms with E-state index in [0.29, 0.717) is 17.4 Å².